The molecule has 1 saturated heterocycles. The van der Waals surface area contributed by atoms with Crippen molar-refractivity contribution in [3.63, 3.8) is 0 Å². The summed E-state index contributed by atoms with van der Waals surface area (Å²) in [4.78, 5) is 45.0. The molecule has 0 radical (unpaired) electrons. The standard InChI is InChI=1S/C21H37N2O11P/c1-3-5-9-29-11-12-31-15-16-18(34-35(26,27)28)19(32-14-13-30-10-6-4-2)20(33-16)23-8-7-17(24)22-21(23)25/h7-8,16,18-20H,3-6,9-15H2,1-2H3,(H,22,24,25)(H2,26,27,28)/t16-,18-,19-,20-/m1/s1. The molecule has 0 saturated carbocycles. The lowest BCUT2D eigenvalue weighted by molar-refractivity contribution is -0.0882. The molecule has 1 fully saturated rings. The van der Waals surface area contributed by atoms with E-state index < -0.39 is 43.6 Å². The number of aromatic nitrogens is 2. The van der Waals surface area contributed by atoms with E-state index in [0.717, 1.165) is 36.3 Å². The Morgan fingerprint density at radius 3 is 2.20 bits per heavy atom. The van der Waals surface area contributed by atoms with E-state index in [0.29, 0.717) is 19.8 Å². The van der Waals surface area contributed by atoms with Crippen molar-refractivity contribution in [3.05, 3.63) is 33.1 Å². The first-order valence-electron chi connectivity index (χ1n) is 11.8. The summed E-state index contributed by atoms with van der Waals surface area (Å²) in [7, 11) is -4.96. The molecule has 1 aromatic heterocycles. The van der Waals surface area contributed by atoms with Gasteiger partial charge in [-0.05, 0) is 12.8 Å². The number of aromatic amines is 1. The van der Waals surface area contributed by atoms with E-state index >= 15 is 0 Å². The van der Waals surface area contributed by atoms with Crippen LogP contribution in [0.5, 0.6) is 0 Å². The molecule has 0 amide bonds. The molecule has 1 aliphatic heterocycles. The molecule has 13 nitrogen and oxygen atoms in total. The van der Waals surface area contributed by atoms with Gasteiger partial charge in [0.25, 0.3) is 5.56 Å². The molecule has 35 heavy (non-hydrogen) atoms. The third-order valence-electron chi connectivity index (χ3n) is 5.15. The summed E-state index contributed by atoms with van der Waals surface area (Å²) in [5.41, 5.74) is -1.37. The van der Waals surface area contributed by atoms with Gasteiger partial charge in [-0.15, -0.1) is 0 Å². The topological polar surface area (TPSA) is 168 Å². The maximum atomic E-state index is 12.4. The lowest BCUT2D eigenvalue weighted by atomic mass is 10.1. The third-order valence-corrected chi connectivity index (χ3v) is 5.66. The zero-order valence-electron chi connectivity index (χ0n) is 20.2. The number of nitrogens with zero attached hydrogens (tertiary/aromatic N) is 1. The van der Waals surface area contributed by atoms with E-state index in [1.807, 2.05) is 6.92 Å². The maximum absolute atomic E-state index is 12.4. The highest BCUT2D eigenvalue weighted by molar-refractivity contribution is 7.46. The van der Waals surface area contributed by atoms with Gasteiger partial charge in [0.15, 0.2) is 6.23 Å². The number of phosphoric acid groups is 1. The number of rotatable bonds is 18. The number of hydrogen-bond donors (Lipinski definition) is 3. The molecule has 1 aliphatic rings. The summed E-state index contributed by atoms with van der Waals surface area (Å²) in [6.45, 7) is 6.00. The second-order valence-electron chi connectivity index (χ2n) is 7.99. The Morgan fingerprint density at radius 2 is 1.60 bits per heavy atom. The molecule has 0 unspecified atom stereocenters. The Labute approximate surface area is 203 Å². The van der Waals surface area contributed by atoms with Crippen molar-refractivity contribution in [3.8, 4) is 0 Å². The van der Waals surface area contributed by atoms with Crippen LogP contribution < -0.4 is 11.2 Å². The van der Waals surface area contributed by atoms with E-state index in [9.17, 15) is 23.9 Å². The predicted molar refractivity (Wildman–Crippen MR) is 124 cm³/mol. The number of ether oxygens (including phenoxy) is 5. The van der Waals surface area contributed by atoms with Gasteiger partial charge in [-0.25, -0.2) is 9.36 Å². The lowest BCUT2D eigenvalue weighted by Crippen LogP contribution is -2.41. The molecule has 0 spiro atoms. The summed E-state index contributed by atoms with van der Waals surface area (Å²) < 4.78 is 46.1. The molecule has 202 valence electrons. The van der Waals surface area contributed by atoms with Gasteiger partial charge >= 0.3 is 13.5 Å². The first-order chi connectivity index (χ1) is 16.8. The first kappa shape index (κ1) is 29.8. The second kappa shape index (κ2) is 15.6. The maximum Gasteiger partial charge on any atom is 0.470 e. The summed E-state index contributed by atoms with van der Waals surface area (Å²) in [6.07, 6.45) is 0.529. The Morgan fingerprint density at radius 1 is 0.971 bits per heavy atom. The van der Waals surface area contributed by atoms with Crippen molar-refractivity contribution in [2.45, 2.75) is 64.1 Å². The van der Waals surface area contributed by atoms with E-state index in [1.54, 1.807) is 0 Å². The molecular formula is C21H37N2O11P. The van der Waals surface area contributed by atoms with Gasteiger partial charge in [0.05, 0.1) is 33.0 Å². The van der Waals surface area contributed by atoms with Crippen LogP contribution in [0.4, 0.5) is 0 Å². The quantitative estimate of drug-likeness (QED) is 0.185. The predicted octanol–water partition coefficient (Wildman–Crippen LogP) is 0.947. The van der Waals surface area contributed by atoms with Crippen LogP contribution in [0.15, 0.2) is 21.9 Å². The molecular weight excluding hydrogens is 487 g/mol. The zero-order chi connectivity index (χ0) is 25.7. The fourth-order valence-corrected chi connectivity index (χ4v) is 3.99. The average Bonchev–Trinajstić information content (AvgIpc) is 3.11. The smallest absolute Gasteiger partial charge is 0.379 e. The molecule has 0 aromatic carbocycles. The lowest BCUT2D eigenvalue weighted by Gasteiger charge is -2.25. The van der Waals surface area contributed by atoms with Gasteiger partial charge in [0, 0.05) is 25.5 Å². The van der Waals surface area contributed by atoms with Crippen LogP contribution in [0.1, 0.15) is 45.8 Å². The SMILES string of the molecule is CCCCOCCOC[C@H]1O[C@@H](n2ccc(=O)[nH]c2=O)[C@H](OCCOCCCC)[C@@H]1OP(=O)(O)O. The summed E-state index contributed by atoms with van der Waals surface area (Å²) in [6, 6.07) is 1.13. The van der Waals surface area contributed by atoms with Crippen LogP contribution in [0.25, 0.3) is 0 Å². The molecule has 2 rings (SSSR count). The van der Waals surface area contributed by atoms with Gasteiger partial charge in [-0.1, -0.05) is 26.7 Å². The molecule has 2 heterocycles. The van der Waals surface area contributed by atoms with Crippen LogP contribution >= 0.6 is 7.82 Å². The monoisotopic (exact) mass is 524 g/mol. The van der Waals surface area contributed by atoms with Crippen LogP contribution in [0, 0.1) is 0 Å². The van der Waals surface area contributed by atoms with Gasteiger partial charge < -0.3 is 33.5 Å². The number of phosphoric ester groups is 1. The number of unbranched alkanes of at least 4 members (excludes halogenated alkanes) is 2. The summed E-state index contributed by atoms with van der Waals surface area (Å²) in [5.74, 6) is 0. The molecule has 1 aromatic rings. The number of H-pyrrole nitrogens is 1. The highest BCUT2D eigenvalue weighted by Crippen LogP contribution is 2.44. The molecule has 14 heteroatoms. The summed E-state index contributed by atoms with van der Waals surface area (Å²) >= 11 is 0. The first-order valence-corrected chi connectivity index (χ1v) is 13.4. The van der Waals surface area contributed by atoms with Crippen LogP contribution in [-0.4, -0.2) is 83.9 Å². The molecule has 4 atom stereocenters. The molecule has 3 N–H and O–H groups in total. The van der Waals surface area contributed by atoms with Crippen LogP contribution in [-0.2, 0) is 32.8 Å². The Kier molecular flexibility index (Phi) is 13.3. The van der Waals surface area contributed by atoms with E-state index in [1.165, 1.54) is 6.20 Å². The highest BCUT2D eigenvalue weighted by Gasteiger charge is 2.50. The van der Waals surface area contributed by atoms with Crippen molar-refractivity contribution in [2.24, 2.45) is 0 Å². The van der Waals surface area contributed by atoms with E-state index in [4.69, 9.17) is 28.2 Å². The van der Waals surface area contributed by atoms with Gasteiger partial charge in [0.2, 0.25) is 0 Å². The molecule has 0 bridgehead atoms. The van der Waals surface area contributed by atoms with Crippen molar-refractivity contribution in [1.29, 1.82) is 0 Å². The fourth-order valence-electron chi connectivity index (χ4n) is 3.41. The van der Waals surface area contributed by atoms with Crippen LogP contribution in [0.3, 0.4) is 0 Å². The second-order valence-corrected chi connectivity index (χ2v) is 9.18. The number of nitrogens with one attached hydrogen (secondary N) is 1. The Balaban J connectivity index is 2.14. The third kappa shape index (κ3) is 10.6. The normalized spacial score (nSPS) is 22.6. The van der Waals surface area contributed by atoms with Gasteiger partial charge in [0.1, 0.15) is 18.3 Å². The minimum Gasteiger partial charge on any atom is -0.379 e. The fraction of sp³-hybridized carbons (Fsp3) is 0.810. The van der Waals surface area contributed by atoms with Crippen molar-refractivity contribution in [2.75, 3.05) is 46.2 Å². The largest absolute Gasteiger partial charge is 0.470 e. The minimum absolute atomic E-state index is 0.0617. The van der Waals surface area contributed by atoms with Crippen molar-refractivity contribution in [1.82, 2.24) is 9.55 Å². The van der Waals surface area contributed by atoms with Gasteiger partial charge in [-0.3, -0.25) is 18.9 Å². The van der Waals surface area contributed by atoms with Crippen LogP contribution in [0.2, 0.25) is 0 Å². The molecule has 0 aliphatic carbocycles. The average molecular weight is 525 g/mol. The Hall–Kier alpha value is -1.41. The highest BCUT2D eigenvalue weighted by atomic mass is 31.2. The number of hydrogen-bond acceptors (Lipinski definition) is 9. The summed E-state index contributed by atoms with van der Waals surface area (Å²) in [5, 5.41) is 0. The van der Waals surface area contributed by atoms with E-state index in [-0.39, 0.29) is 26.4 Å². The van der Waals surface area contributed by atoms with Gasteiger partial charge in [-0.2, -0.15) is 0 Å². The minimum atomic E-state index is -4.96. The van der Waals surface area contributed by atoms with Crippen molar-refractivity contribution < 1.29 is 42.6 Å². The Bertz CT molecular complexity index is 887. The van der Waals surface area contributed by atoms with E-state index in [2.05, 4.69) is 11.9 Å². The van der Waals surface area contributed by atoms with Crippen molar-refractivity contribution >= 4 is 7.82 Å². The zero-order valence-corrected chi connectivity index (χ0v) is 21.1.